The van der Waals surface area contributed by atoms with E-state index in [-0.39, 0.29) is 23.8 Å². The fourth-order valence-electron chi connectivity index (χ4n) is 17.8. The zero-order valence-electron chi connectivity index (χ0n) is 33.8. The van der Waals surface area contributed by atoms with Gasteiger partial charge in [-0.2, -0.15) is 0 Å². The number of benzene rings is 1. The lowest BCUT2D eigenvalue weighted by Gasteiger charge is -2.72. The van der Waals surface area contributed by atoms with Crippen LogP contribution in [-0.2, 0) is 26.3 Å². The van der Waals surface area contributed by atoms with Crippen molar-refractivity contribution < 1.29 is 19.1 Å². The van der Waals surface area contributed by atoms with Crippen LogP contribution < -0.4 is 5.73 Å². The molecule has 8 aliphatic heterocycles. The predicted molar refractivity (Wildman–Crippen MR) is 213 cm³/mol. The molecule has 1 aromatic rings. The third-order valence-electron chi connectivity index (χ3n) is 19.6. The summed E-state index contributed by atoms with van der Waals surface area (Å²) in [7, 11) is 0. The van der Waals surface area contributed by atoms with Crippen molar-refractivity contribution in [1.82, 2.24) is 9.80 Å². The van der Waals surface area contributed by atoms with E-state index in [0.717, 1.165) is 85.7 Å². The number of piperidine rings is 4. The molecule has 1 aromatic carbocycles. The van der Waals surface area contributed by atoms with Crippen molar-refractivity contribution >= 4 is 11.9 Å². The van der Waals surface area contributed by atoms with E-state index in [1.807, 2.05) is 0 Å². The summed E-state index contributed by atoms with van der Waals surface area (Å²) >= 11 is 0. The fourth-order valence-corrected chi connectivity index (χ4v) is 17.8. The van der Waals surface area contributed by atoms with Gasteiger partial charge in [-0.3, -0.25) is 14.6 Å². The van der Waals surface area contributed by atoms with Crippen molar-refractivity contribution in [2.24, 2.45) is 69.8 Å². The third kappa shape index (κ3) is 3.69. The van der Waals surface area contributed by atoms with Crippen LogP contribution >= 0.6 is 0 Å². The van der Waals surface area contributed by atoms with Gasteiger partial charge in [-0.1, -0.05) is 43.7 Å². The molecule has 3 spiro atoms. The predicted octanol–water partition coefficient (Wildman–Crippen LogP) is 7.69. The monoisotopic (exact) mass is 755 g/mol. The molecule has 17 unspecified atom stereocenters. The summed E-state index contributed by atoms with van der Waals surface area (Å²) in [6.07, 6.45) is 19.3. The molecule has 296 valence electrons. The number of rotatable bonds is 3. The van der Waals surface area contributed by atoms with Crippen LogP contribution in [0.25, 0.3) is 0 Å². The van der Waals surface area contributed by atoms with Crippen LogP contribution in [0.3, 0.4) is 0 Å². The van der Waals surface area contributed by atoms with Crippen LogP contribution in [0.2, 0.25) is 0 Å². The van der Waals surface area contributed by atoms with Crippen molar-refractivity contribution in [2.45, 2.75) is 134 Å². The normalized spacial score (nSPS) is 51.1. The highest BCUT2D eigenvalue weighted by molar-refractivity contribution is 6.00. The van der Waals surface area contributed by atoms with E-state index in [2.05, 4.69) is 60.9 Å². The summed E-state index contributed by atoms with van der Waals surface area (Å²) in [5.41, 5.74) is 10.8. The molecule has 7 heteroatoms. The number of nitrogens with zero attached hydrogens (tertiary/aromatic N) is 2. The van der Waals surface area contributed by atoms with E-state index in [1.165, 1.54) is 56.3 Å². The second-order valence-electron chi connectivity index (χ2n) is 21.4. The van der Waals surface area contributed by atoms with E-state index >= 15 is 4.79 Å². The average molecular weight is 756 g/mol. The lowest BCUT2D eigenvalue weighted by molar-refractivity contribution is -0.279. The smallest absolute Gasteiger partial charge is 0.339 e. The molecule has 13 aliphatic rings. The largest absolute Gasteiger partial charge is 0.449 e. The van der Waals surface area contributed by atoms with Crippen LogP contribution in [0.1, 0.15) is 119 Å². The zero-order valence-corrected chi connectivity index (χ0v) is 33.8. The molecule has 0 amide bonds. The molecule has 8 bridgehead atoms. The van der Waals surface area contributed by atoms with Crippen LogP contribution in [-0.4, -0.2) is 65.5 Å². The van der Waals surface area contributed by atoms with E-state index in [9.17, 15) is 4.79 Å². The number of ether oxygens (including phenoxy) is 2. The fraction of sp³-hybridized carbons (Fsp3) is 0.714. The molecule has 2 N–H and O–H groups in total. The van der Waals surface area contributed by atoms with Gasteiger partial charge in [0.25, 0.3) is 0 Å². The average Bonchev–Trinajstić information content (AvgIpc) is 3.63. The number of allylic oxidation sites excluding steroid dienone is 2. The van der Waals surface area contributed by atoms with Gasteiger partial charge in [0.05, 0.1) is 11.0 Å². The lowest BCUT2D eigenvalue weighted by atomic mass is 9.27. The second-order valence-corrected chi connectivity index (χ2v) is 21.4. The van der Waals surface area contributed by atoms with Gasteiger partial charge in [-0.25, -0.2) is 4.79 Å². The van der Waals surface area contributed by atoms with Gasteiger partial charge >= 0.3 is 11.9 Å². The molecule has 5 saturated heterocycles. The minimum absolute atomic E-state index is 0.0359. The number of hydrogen-bond donors (Lipinski definition) is 1. The maximum atomic E-state index is 15.8. The summed E-state index contributed by atoms with van der Waals surface area (Å²) < 4.78 is 14.3. The Morgan fingerprint density at radius 3 is 2.57 bits per heavy atom. The van der Waals surface area contributed by atoms with Crippen molar-refractivity contribution in [3.8, 4) is 0 Å². The van der Waals surface area contributed by atoms with E-state index in [0.29, 0.717) is 60.3 Å². The first-order valence-electron chi connectivity index (χ1n) is 23.2. The van der Waals surface area contributed by atoms with E-state index in [1.54, 1.807) is 5.57 Å². The molecule has 17 atom stereocenters. The van der Waals surface area contributed by atoms with Crippen LogP contribution in [0.4, 0.5) is 0 Å². The molecule has 14 rings (SSSR count). The lowest BCUT2D eigenvalue weighted by Crippen LogP contribution is -2.77. The molecule has 8 fully saturated rings. The standard InChI is InChI=1S/C49H61N3O4/c1-25-9-10-30-21-35-26(2)19-31-12-14-38-32-20-33-24-52(38)44(31)42(35)34-15-16-47-40(22-29-11-13-37(33)51(23-32)27(29)3)55-46(54)48(47,43(30)34)39(18-25)49(47)36-8-4-6-28(7-5-17-50)41(36)45(53)56-49/h4,6,8,21-22,25-27,29,31-33,35,37-39,42,44H,5,7,9-20,23-24,50H2,1-3H3. The van der Waals surface area contributed by atoms with Gasteiger partial charge in [0.15, 0.2) is 5.60 Å². The van der Waals surface area contributed by atoms with Gasteiger partial charge in [0.1, 0.15) is 11.2 Å². The first kappa shape index (κ1) is 34.2. The SMILES string of the molecule is CC1CCC2=CC3C(C)CC4CCC5C6CC7CN5C4C3C3=C2C24C(=O)OC(=CC5CCC7N(C6)C5C)C2(CC3)C2(OC(=O)c3c(CCCN)cccc32)C4C1. The third-order valence-corrected chi connectivity index (χ3v) is 19.6. The number of fused-ring (bicyclic) bond motifs is 6. The molecule has 8 heterocycles. The Balaban J connectivity index is 1.11. The summed E-state index contributed by atoms with van der Waals surface area (Å²) in [4.78, 5) is 36.6. The molecule has 0 aromatic heterocycles. The summed E-state index contributed by atoms with van der Waals surface area (Å²) in [6, 6.07) is 8.71. The van der Waals surface area contributed by atoms with Gasteiger partial charge in [0.2, 0.25) is 0 Å². The molecule has 0 radical (unpaired) electrons. The van der Waals surface area contributed by atoms with Crippen LogP contribution in [0, 0.1) is 64.1 Å². The van der Waals surface area contributed by atoms with Gasteiger partial charge < -0.3 is 15.2 Å². The first-order valence-corrected chi connectivity index (χ1v) is 23.2. The Labute approximate surface area is 332 Å². The maximum Gasteiger partial charge on any atom is 0.339 e. The quantitative estimate of drug-likeness (QED) is 0.317. The molecule has 7 nitrogen and oxygen atoms in total. The second kappa shape index (κ2) is 11.3. The summed E-state index contributed by atoms with van der Waals surface area (Å²) in [5, 5.41) is 0. The number of nitrogens with two attached hydrogens (primary N) is 1. The van der Waals surface area contributed by atoms with Gasteiger partial charge in [-0.15, -0.1) is 0 Å². The van der Waals surface area contributed by atoms with Crippen LogP contribution in [0.5, 0.6) is 0 Å². The number of carbonyl (C=O) groups excluding carboxylic acids is 2. The number of carbonyl (C=O) groups is 2. The van der Waals surface area contributed by atoms with Crippen molar-refractivity contribution in [3.63, 3.8) is 0 Å². The Morgan fingerprint density at radius 1 is 0.893 bits per heavy atom. The van der Waals surface area contributed by atoms with E-state index < -0.39 is 16.4 Å². The van der Waals surface area contributed by atoms with Crippen molar-refractivity contribution in [3.05, 3.63) is 69.5 Å². The van der Waals surface area contributed by atoms with Crippen molar-refractivity contribution in [1.29, 1.82) is 0 Å². The van der Waals surface area contributed by atoms with Gasteiger partial charge in [-0.05, 0) is 161 Å². The number of aryl methyl sites for hydroxylation is 1. The molecular weight excluding hydrogens is 695 g/mol. The molecular formula is C49H61N3O4. The molecule has 3 saturated carbocycles. The maximum absolute atomic E-state index is 15.8. The highest BCUT2D eigenvalue weighted by Crippen LogP contribution is 2.88. The van der Waals surface area contributed by atoms with Gasteiger partial charge in [0, 0.05) is 54.7 Å². The summed E-state index contributed by atoms with van der Waals surface area (Å²) in [5.74, 6) is 4.93. The zero-order chi connectivity index (χ0) is 37.6. The molecule has 5 aliphatic carbocycles. The summed E-state index contributed by atoms with van der Waals surface area (Å²) in [6.45, 7) is 10.5. The minimum atomic E-state index is -0.934. The first-order chi connectivity index (χ1) is 27.2. The van der Waals surface area contributed by atoms with E-state index in [4.69, 9.17) is 15.2 Å². The number of hydrogen-bond acceptors (Lipinski definition) is 7. The Kier molecular flexibility index (Phi) is 6.89. The topological polar surface area (TPSA) is 85.1 Å². The highest BCUT2D eigenvalue weighted by atomic mass is 16.6. The molecule has 56 heavy (non-hydrogen) atoms. The Bertz CT molecular complexity index is 2070. The number of esters is 2. The Morgan fingerprint density at radius 2 is 1.71 bits per heavy atom. The van der Waals surface area contributed by atoms with Crippen LogP contribution in [0.15, 0.2) is 52.8 Å². The Hall–Kier alpha value is -2.74. The minimum Gasteiger partial charge on any atom is -0.449 e. The van der Waals surface area contributed by atoms with Crippen molar-refractivity contribution in [2.75, 3.05) is 19.6 Å². The highest BCUT2D eigenvalue weighted by Gasteiger charge is 2.93.